The highest BCUT2D eigenvalue weighted by Gasteiger charge is 2.15. The molecule has 1 aliphatic heterocycles. The van der Waals surface area contributed by atoms with Crippen molar-refractivity contribution >= 4 is 24.0 Å². The second kappa shape index (κ2) is 8.90. The molecule has 0 bridgehead atoms. The summed E-state index contributed by atoms with van der Waals surface area (Å²) < 4.78 is 5.57. The summed E-state index contributed by atoms with van der Waals surface area (Å²) in [5.74, 6) is 1.58. The van der Waals surface area contributed by atoms with Crippen LogP contribution in [0, 0.1) is 5.92 Å². The van der Waals surface area contributed by atoms with Crippen molar-refractivity contribution in [3.8, 4) is 5.75 Å². The third-order valence-electron chi connectivity index (χ3n) is 3.45. The Morgan fingerprint density at radius 2 is 2.10 bits per heavy atom. The van der Waals surface area contributed by atoms with Gasteiger partial charge in [0.2, 0.25) is 5.91 Å². The molecule has 0 aromatic heterocycles. The van der Waals surface area contributed by atoms with Crippen molar-refractivity contribution in [2.45, 2.75) is 39.2 Å². The van der Waals surface area contributed by atoms with Crippen LogP contribution in [0.4, 0.5) is 5.69 Å². The molecule has 1 amide bonds. The van der Waals surface area contributed by atoms with Crippen molar-refractivity contribution in [1.82, 2.24) is 5.32 Å². The van der Waals surface area contributed by atoms with Crippen LogP contribution < -0.4 is 15.4 Å². The van der Waals surface area contributed by atoms with E-state index in [2.05, 4.69) is 10.6 Å². The van der Waals surface area contributed by atoms with Crippen LogP contribution >= 0.6 is 12.4 Å². The normalized spacial score (nSPS) is 17.4. The zero-order chi connectivity index (χ0) is 14.4. The molecule has 0 spiro atoms. The molecular formula is C16H25ClN2O2. The van der Waals surface area contributed by atoms with Gasteiger partial charge >= 0.3 is 0 Å². The van der Waals surface area contributed by atoms with E-state index < -0.39 is 0 Å². The first-order valence-corrected chi connectivity index (χ1v) is 7.41. The fourth-order valence-electron chi connectivity index (χ4n) is 2.41. The summed E-state index contributed by atoms with van der Waals surface area (Å²) in [7, 11) is 0. The van der Waals surface area contributed by atoms with Gasteiger partial charge in [0.25, 0.3) is 0 Å². The minimum atomic E-state index is 0. The Balaban J connectivity index is 0.00000220. The molecule has 1 unspecified atom stereocenters. The fourth-order valence-corrected chi connectivity index (χ4v) is 2.41. The maximum Gasteiger partial charge on any atom is 0.224 e. The van der Waals surface area contributed by atoms with Gasteiger partial charge in [0.05, 0.1) is 6.10 Å². The first kappa shape index (κ1) is 17.8. The lowest BCUT2D eigenvalue weighted by Gasteiger charge is -2.11. The van der Waals surface area contributed by atoms with Gasteiger partial charge in [-0.2, -0.15) is 0 Å². The number of hydrogen-bond acceptors (Lipinski definition) is 3. The van der Waals surface area contributed by atoms with Crippen LogP contribution in [-0.4, -0.2) is 25.1 Å². The van der Waals surface area contributed by atoms with Crippen LogP contribution in [0.3, 0.4) is 0 Å². The molecule has 21 heavy (non-hydrogen) atoms. The Morgan fingerprint density at radius 3 is 2.67 bits per heavy atom. The number of halogens is 1. The van der Waals surface area contributed by atoms with Gasteiger partial charge in [-0.1, -0.05) is 0 Å². The number of carbonyl (C=O) groups excluding carboxylic acids is 1. The topological polar surface area (TPSA) is 50.4 Å². The van der Waals surface area contributed by atoms with E-state index in [4.69, 9.17) is 4.74 Å². The standard InChI is InChI=1S/C16H24N2O2.ClH/c1-12(2)20-15-6-4-14(5-7-15)18-16(19)8-3-13-9-10-17-11-13;/h4-7,12-13,17H,3,8-11H2,1-2H3,(H,18,19);1H. The van der Waals surface area contributed by atoms with E-state index in [9.17, 15) is 4.79 Å². The summed E-state index contributed by atoms with van der Waals surface area (Å²) in [5, 5.41) is 6.25. The maximum absolute atomic E-state index is 11.9. The molecule has 4 nitrogen and oxygen atoms in total. The van der Waals surface area contributed by atoms with E-state index in [-0.39, 0.29) is 24.4 Å². The molecule has 5 heteroatoms. The molecule has 1 atom stereocenters. The van der Waals surface area contributed by atoms with Gasteiger partial charge in [0.1, 0.15) is 5.75 Å². The summed E-state index contributed by atoms with van der Waals surface area (Å²) in [6, 6.07) is 7.53. The molecule has 2 N–H and O–H groups in total. The molecule has 0 aliphatic carbocycles. The third-order valence-corrected chi connectivity index (χ3v) is 3.45. The summed E-state index contributed by atoms with van der Waals surface area (Å²) in [6.07, 6.45) is 2.91. The Hall–Kier alpha value is -1.26. The number of hydrogen-bond donors (Lipinski definition) is 2. The van der Waals surface area contributed by atoms with E-state index in [0.29, 0.717) is 12.3 Å². The predicted molar refractivity (Wildman–Crippen MR) is 88.3 cm³/mol. The molecule has 1 aromatic carbocycles. The van der Waals surface area contributed by atoms with E-state index in [1.54, 1.807) is 0 Å². The second-order valence-electron chi connectivity index (χ2n) is 5.64. The molecule has 1 heterocycles. The molecule has 0 saturated carbocycles. The van der Waals surface area contributed by atoms with E-state index in [1.165, 1.54) is 6.42 Å². The smallest absolute Gasteiger partial charge is 0.224 e. The second-order valence-corrected chi connectivity index (χ2v) is 5.64. The number of carbonyl (C=O) groups is 1. The first-order chi connectivity index (χ1) is 9.63. The zero-order valence-electron chi connectivity index (χ0n) is 12.7. The van der Waals surface area contributed by atoms with Crippen LogP contribution in [-0.2, 0) is 4.79 Å². The van der Waals surface area contributed by atoms with Crippen LogP contribution in [0.25, 0.3) is 0 Å². The molecule has 1 saturated heterocycles. The third kappa shape index (κ3) is 6.36. The number of benzene rings is 1. The quantitative estimate of drug-likeness (QED) is 0.848. The van der Waals surface area contributed by atoms with E-state index in [0.717, 1.165) is 30.9 Å². The first-order valence-electron chi connectivity index (χ1n) is 7.41. The monoisotopic (exact) mass is 312 g/mol. The van der Waals surface area contributed by atoms with Crippen molar-refractivity contribution in [2.24, 2.45) is 5.92 Å². The number of anilines is 1. The van der Waals surface area contributed by atoms with Crippen LogP contribution in [0.15, 0.2) is 24.3 Å². The molecule has 1 fully saturated rings. The van der Waals surface area contributed by atoms with Crippen LogP contribution in [0.5, 0.6) is 5.75 Å². The molecule has 0 radical (unpaired) electrons. The predicted octanol–water partition coefficient (Wildman–Crippen LogP) is 3.22. The zero-order valence-corrected chi connectivity index (χ0v) is 13.5. The number of nitrogens with one attached hydrogen (secondary N) is 2. The Morgan fingerprint density at radius 1 is 1.38 bits per heavy atom. The Labute approximate surface area is 133 Å². The van der Waals surface area contributed by atoms with Crippen molar-refractivity contribution in [2.75, 3.05) is 18.4 Å². The highest BCUT2D eigenvalue weighted by molar-refractivity contribution is 5.90. The fraction of sp³-hybridized carbons (Fsp3) is 0.562. The molecule has 1 aromatic rings. The largest absolute Gasteiger partial charge is 0.491 e. The average molecular weight is 313 g/mol. The van der Waals surface area contributed by atoms with Crippen LogP contribution in [0.2, 0.25) is 0 Å². The average Bonchev–Trinajstić information content (AvgIpc) is 2.91. The van der Waals surface area contributed by atoms with Gasteiger partial charge in [-0.05, 0) is 70.0 Å². The molecule has 2 rings (SSSR count). The van der Waals surface area contributed by atoms with Crippen molar-refractivity contribution in [3.63, 3.8) is 0 Å². The van der Waals surface area contributed by atoms with Crippen LogP contribution in [0.1, 0.15) is 33.1 Å². The number of ether oxygens (including phenoxy) is 1. The summed E-state index contributed by atoms with van der Waals surface area (Å²) in [4.78, 5) is 11.9. The summed E-state index contributed by atoms with van der Waals surface area (Å²) >= 11 is 0. The molecule has 1 aliphatic rings. The van der Waals surface area contributed by atoms with Crippen molar-refractivity contribution in [3.05, 3.63) is 24.3 Å². The number of rotatable bonds is 6. The molecule has 118 valence electrons. The number of amides is 1. The SMILES string of the molecule is CC(C)Oc1ccc(NC(=O)CCC2CCNC2)cc1.Cl. The highest BCUT2D eigenvalue weighted by atomic mass is 35.5. The lowest BCUT2D eigenvalue weighted by Crippen LogP contribution is -2.15. The summed E-state index contributed by atoms with van der Waals surface area (Å²) in [6.45, 7) is 6.12. The van der Waals surface area contributed by atoms with Gasteiger partial charge in [0, 0.05) is 12.1 Å². The maximum atomic E-state index is 11.9. The molecular weight excluding hydrogens is 288 g/mol. The van der Waals surface area contributed by atoms with E-state index >= 15 is 0 Å². The Bertz CT molecular complexity index is 428. The highest BCUT2D eigenvalue weighted by Crippen LogP contribution is 2.18. The lowest BCUT2D eigenvalue weighted by atomic mass is 10.0. The lowest BCUT2D eigenvalue weighted by molar-refractivity contribution is -0.116. The van der Waals surface area contributed by atoms with Gasteiger partial charge in [-0.25, -0.2) is 0 Å². The van der Waals surface area contributed by atoms with Gasteiger partial charge < -0.3 is 15.4 Å². The van der Waals surface area contributed by atoms with Crippen molar-refractivity contribution < 1.29 is 9.53 Å². The van der Waals surface area contributed by atoms with Crippen molar-refractivity contribution in [1.29, 1.82) is 0 Å². The summed E-state index contributed by atoms with van der Waals surface area (Å²) in [5.41, 5.74) is 0.829. The minimum Gasteiger partial charge on any atom is -0.491 e. The van der Waals surface area contributed by atoms with Gasteiger partial charge in [-0.3, -0.25) is 4.79 Å². The van der Waals surface area contributed by atoms with E-state index in [1.807, 2.05) is 38.1 Å². The van der Waals surface area contributed by atoms with Gasteiger partial charge in [0.15, 0.2) is 0 Å². The van der Waals surface area contributed by atoms with Gasteiger partial charge in [-0.15, -0.1) is 12.4 Å². The minimum absolute atomic E-state index is 0. The Kier molecular flexibility index (Phi) is 7.54.